The zero-order valence-corrected chi connectivity index (χ0v) is 12.5. The summed E-state index contributed by atoms with van der Waals surface area (Å²) in [7, 11) is 1.28. The van der Waals surface area contributed by atoms with Gasteiger partial charge in [0, 0.05) is 18.7 Å². The maximum absolute atomic E-state index is 11.8. The molecule has 0 saturated carbocycles. The number of methoxy groups -OCH3 is 1. The molecule has 1 aromatic carbocycles. The fourth-order valence-corrected chi connectivity index (χ4v) is 1.62. The topological polar surface area (TPSA) is 90.7 Å². The second-order valence-electron chi connectivity index (χ2n) is 4.42. The van der Waals surface area contributed by atoms with Crippen LogP contribution in [0.1, 0.15) is 16.2 Å². The summed E-state index contributed by atoms with van der Waals surface area (Å²) in [6.45, 7) is 0.350. The van der Waals surface area contributed by atoms with Crippen molar-refractivity contribution in [2.24, 2.45) is 0 Å². The predicted molar refractivity (Wildman–Crippen MR) is 80.8 cm³/mol. The Bertz CT molecular complexity index is 679. The summed E-state index contributed by atoms with van der Waals surface area (Å²) in [5.74, 6) is 0.238. The highest BCUT2D eigenvalue weighted by atomic mass is 16.5. The normalized spacial score (nSPS) is 10.5. The molecule has 0 aliphatic carbocycles. The second kappa shape index (κ2) is 8.38. The fraction of sp³-hybridized carbons (Fsp3) is 0.188. The standard InChI is InChI=1S/C16H16N2O5/c1-21-15(19)8-5-9-17-16(20)14-10-13(23-18-14)11-22-12-6-3-2-4-7-12/h2-8,10H,9,11H2,1H3,(H,17,20)/b8-5+. The van der Waals surface area contributed by atoms with Crippen molar-refractivity contribution in [1.82, 2.24) is 10.5 Å². The van der Waals surface area contributed by atoms with Crippen LogP contribution in [0.25, 0.3) is 0 Å². The molecule has 2 rings (SSSR count). The minimum Gasteiger partial charge on any atom is -0.486 e. The van der Waals surface area contributed by atoms with E-state index in [-0.39, 0.29) is 18.8 Å². The van der Waals surface area contributed by atoms with Gasteiger partial charge in [0.15, 0.2) is 11.5 Å². The van der Waals surface area contributed by atoms with Gasteiger partial charge < -0.3 is 19.3 Å². The number of amides is 1. The summed E-state index contributed by atoms with van der Waals surface area (Å²) in [4.78, 5) is 22.7. The SMILES string of the molecule is COC(=O)/C=C/CNC(=O)c1cc(COc2ccccc2)on1. The molecule has 1 amide bonds. The quantitative estimate of drug-likeness (QED) is 0.618. The highest BCUT2D eigenvalue weighted by molar-refractivity contribution is 5.92. The van der Waals surface area contributed by atoms with E-state index >= 15 is 0 Å². The lowest BCUT2D eigenvalue weighted by Gasteiger charge is -2.01. The molecule has 2 aromatic rings. The summed E-state index contributed by atoms with van der Waals surface area (Å²) in [6, 6.07) is 10.7. The van der Waals surface area contributed by atoms with Crippen molar-refractivity contribution in [3.8, 4) is 5.75 Å². The van der Waals surface area contributed by atoms with Crippen LogP contribution in [0.15, 0.2) is 53.1 Å². The van der Waals surface area contributed by atoms with E-state index in [1.807, 2.05) is 30.3 Å². The van der Waals surface area contributed by atoms with Crippen molar-refractivity contribution < 1.29 is 23.6 Å². The third-order valence-corrected chi connectivity index (χ3v) is 2.75. The molecule has 1 heterocycles. The Labute approximate surface area is 132 Å². The van der Waals surface area contributed by atoms with Crippen LogP contribution in [0.4, 0.5) is 0 Å². The Morgan fingerprint density at radius 2 is 2.09 bits per heavy atom. The molecule has 1 aromatic heterocycles. The lowest BCUT2D eigenvalue weighted by Crippen LogP contribution is -2.23. The Kier molecular flexibility index (Phi) is 5.93. The first-order valence-corrected chi connectivity index (χ1v) is 6.85. The van der Waals surface area contributed by atoms with Gasteiger partial charge in [-0.25, -0.2) is 4.79 Å². The average Bonchev–Trinajstić information content (AvgIpc) is 3.06. The van der Waals surface area contributed by atoms with Crippen molar-refractivity contribution in [2.75, 3.05) is 13.7 Å². The van der Waals surface area contributed by atoms with Crippen molar-refractivity contribution in [3.63, 3.8) is 0 Å². The smallest absolute Gasteiger partial charge is 0.330 e. The maximum atomic E-state index is 11.8. The van der Waals surface area contributed by atoms with E-state index in [1.165, 1.54) is 25.3 Å². The van der Waals surface area contributed by atoms with Gasteiger partial charge in [0.05, 0.1) is 7.11 Å². The van der Waals surface area contributed by atoms with Gasteiger partial charge in [-0.2, -0.15) is 0 Å². The van der Waals surface area contributed by atoms with Crippen LogP contribution >= 0.6 is 0 Å². The average molecular weight is 316 g/mol. The number of carbonyl (C=O) groups is 2. The highest BCUT2D eigenvalue weighted by Gasteiger charge is 2.12. The number of nitrogens with one attached hydrogen (secondary N) is 1. The molecule has 0 atom stereocenters. The summed E-state index contributed by atoms with van der Waals surface area (Å²) < 4.78 is 15.0. The number of nitrogens with zero attached hydrogens (tertiary/aromatic N) is 1. The summed E-state index contributed by atoms with van der Waals surface area (Å²) >= 11 is 0. The lowest BCUT2D eigenvalue weighted by atomic mass is 10.3. The lowest BCUT2D eigenvalue weighted by molar-refractivity contribution is -0.134. The van der Waals surface area contributed by atoms with Gasteiger partial charge >= 0.3 is 5.97 Å². The molecule has 0 spiro atoms. The molecule has 120 valence electrons. The Morgan fingerprint density at radius 1 is 1.30 bits per heavy atom. The highest BCUT2D eigenvalue weighted by Crippen LogP contribution is 2.12. The van der Waals surface area contributed by atoms with E-state index in [4.69, 9.17) is 9.26 Å². The zero-order valence-electron chi connectivity index (χ0n) is 12.5. The molecule has 0 saturated heterocycles. The Morgan fingerprint density at radius 3 is 2.83 bits per heavy atom. The van der Waals surface area contributed by atoms with Crippen LogP contribution in [0, 0.1) is 0 Å². The van der Waals surface area contributed by atoms with Crippen molar-refractivity contribution in [3.05, 3.63) is 60.0 Å². The van der Waals surface area contributed by atoms with Crippen molar-refractivity contribution >= 4 is 11.9 Å². The van der Waals surface area contributed by atoms with Crippen LogP contribution in [0.5, 0.6) is 5.75 Å². The number of aromatic nitrogens is 1. The summed E-state index contributed by atoms with van der Waals surface area (Å²) in [6.07, 6.45) is 2.70. The number of esters is 1. The molecular formula is C16H16N2O5. The van der Waals surface area contributed by atoms with Crippen molar-refractivity contribution in [1.29, 1.82) is 0 Å². The molecular weight excluding hydrogens is 300 g/mol. The molecule has 0 aliphatic heterocycles. The van der Waals surface area contributed by atoms with E-state index in [0.717, 1.165) is 0 Å². The largest absolute Gasteiger partial charge is 0.486 e. The van der Waals surface area contributed by atoms with Gasteiger partial charge in [0.2, 0.25) is 0 Å². The molecule has 0 bridgehead atoms. The molecule has 0 radical (unpaired) electrons. The number of hydrogen-bond donors (Lipinski definition) is 1. The molecule has 0 fully saturated rings. The van der Waals surface area contributed by atoms with Crippen LogP contribution in [0.2, 0.25) is 0 Å². The van der Waals surface area contributed by atoms with E-state index in [2.05, 4.69) is 15.2 Å². The second-order valence-corrected chi connectivity index (χ2v) is 4.42. The Balaban J connectivity index is 1.80. The van der Waals surface area contributed by atoms with Crippen LogP contribution in [-0.2, 0) is 16.1 Å². The molecule has 0 aliphatic rings. The molecule has 7 heteroatoms. The first kappa shape index (κ1) is 16.3. The molecule has 0 unspecified atom stereocenters. The van der Waals surface area contributed by atoms with E-state index in [9.17, 15) is 9.59 Å². The fourth-order valence-electron chi connectivity index (χ4n) is 1.62. The van der Waals surface area contributed by atoms with E-state index in [0.29, 0.717) is 11.5 Å². The number of hydrogen-bond acceptors (Lipinski definition) is 6. The number of para-hydroxylation sites is 1. The van der Waals surface area contributed by atoms with E-state index < -0.39 is 11.9 Å². The Hall–Kier alpha value is -3.09. The maximum Gasteiger partial charge on any atom is 0.330 e. The zero-order chi connectivity index (χ0) is 16.5. The molecule has 7 nitrogen and oxygen atoms in total. The predicted octanol–water partition coefficient (Wildman–Crippen LogP) is 1.71. The summed E-state index contributed by atoms with van der Waals surface area (Å²) in [5.41, 5.74) is 0.142. The minimum absolute atomic E-state index is 0.142. The van der Waals surface area contributed by atoms with Crippen LogP contribution < -0.4 is 10.1 Å². The van der Waals surface area contributed by atoms with Crippen LogP contribution in [-0.4, -0.2) is 30.7 Å². The van der Waals surface area contributed by atoms with Gasteiger partial charge in [-0.05, 0) is 12.1 Å². The summed E-state index contributed by atoms with van der Waals surface area (Å²) in [5, 5.41) is 6.24. The number of ether oxygens (including phenoxy) is 2. The number of rotatable bonds is 7. The minimum atomic E-state index is -0.485. The van der Waals surface area contributed by atoms with Crippen molar-refractivity contribution in [2.45, 2.75) is 6.61 Å². The van der Waals surface area contributed by atoms with Gasteiger partial charge in [0.1, 0.15) is 12.4 Å². The third-order valence-electron chi connectivity index (χ3n) is 2.75. The molecule has 23 heavy (non-hydrogen) atoms. The van der Waals surface area contributed by atoms with Gasteiger partial charge in [-0.1, -0.05) is 29.4 Å². The van der Waals surface area contributed by atoms with Gasteiger partial charge in [0.25, 0.3) is 5.91 Å². The number of benzene rings is 1. The molecule has 1 N–H and O–H groups in total. The van der Waals surface area contributed by atoms with E-state index in [1.54, 1.807) is 0 Å². The third kappa shape index (κ3) is 5.31. The van der Waals surface area contributed by atoms with Gasteiger partial charge in [-0.3, -0.25) is 4.79 Å². The first-order valence-electron chi connectivity index (χ1n) is 6.85. The monoisotopic (exact) mass is 316 g/mol. The van der Waals surface area contributed by atoms with Crippen LogP contribution in [0.3, 0.4) is 0 Å². The van der Waals surface area contributed by atoms with Gasteiger partial charge in [-0.15, -0.1) is 0 Å². The first-order chi connectivity index (χ1) is 11.2. The number of carbonyl (C=O) groups excluding carboxylic acids is 2.